The minimum atomic E-state index is 0.330. The molecule has 2 fully saturated rings. The summed E-state index contributed by atoms with van der Waals surface area (Å²) in [6.45, 7) is 3.35. The van der Waals surface area contributed by atoms with Crippen molar-refractivity contribution in [3.8, 4) is 0 Å². The Hall–Kier alpha value is -1.71. The van der Waals surface area contributed by atoms with Crippen molar-refractivity contribution >= 4 is 0 Å². The molecule has 3 nitrogen and oxygen atoms in total. The maximum Gasteiger partial charge on any atom is 0.0570 e. The number of hydrogen-bond donors (Lipinski definition) is 1. The number of hydrogen-bond acceptors (Lipinski definition) is 3. The Balaban J connectivity index is 1.38. The van der Waals surface area contributed by atoms with E-state index in [1.807, 2.05) is 12.3 Å². The van der Waals surface area contributed by atoms with Crippen LogP contribution >= 0.6 is 0 Å². The molecular weight excluding hydrogens is 294 g/mol. The molecule has 24 heavy (non-hydrogen) atoms. The summed E-state index contributed by atoms with van der Waals surface area (Å²) in [5.41, 5.74) is 2.60. The third kappa shape index (κ3) is 3.38. The first-order chi connectivity index (χ1) is 11.8. The molecule has 2 aliphatic rings. The molecule has 2 bridgehead atoms. The first kappa shape index (κ1) is 15.8. The summed E-state index contributed by atoms with van der Waals surface area (Å²) in [5.74, 6) is 0. The lowest BCUT2D eigenvalue weighted by Crippen LogP contribution is -2.49. The molecule has 1 N–H and O–H groups in total. The zero-order valence-electron chi connectivity index (χ0n) is 14.4. The van der Waals surface area contributed by atoms with Gasteiger partial charge in [0, 0.05) is 36.9 Å². The van der Waals surface area contributed by atoms with E-state index in [2.05, 4.69) is 64.6 Å². The van der Waals surface area contributed by atoms with Gasteiger partial charge in [-0.15, -0.1) is 0 Å². The summed E-state index contributed by atoms with van der Waals surface area (Å²) in [7, 11) is 0. The van der Waals surface area contributed by atoms with Gasteiger partial charge in [0.2, 0.25) is 0 Å². The zero-order chi connectivity index (χ0) is 16.4. The van der Waals surface area contributed by atoms with Crippen molar-refractivity contribution in [3.63, 3.8) is 0 Å². The number of nitrogens with zero attached hydrogens (tertiary/aromatic N) is 2. The fourth-order valence-corrected chi connectivity index (χ4v) is 4.53. The van der Waals surface area contributed by atoms with E-state index in [0.29, 0.717) is 12.1 Å². The molecule has 3 heterocycles. The number of nitrogens with one attached hydrogen (secondary N) is 1. The van der Waals surface area contributed by atoms with Crippen LogP contribution in [-0.4, -0.2) is 28.0 Å². The maximum atomic E-state index is 4.50. The zero-order valence-corrected chi connectivity index (χ0v) is 14.4. The van der Waals surface area contributed by atoms with Gasteiger partial charge < -0.3 is 5.32 Å². The highest BCUT2D eigenvalue weighted by atomic mass is 15.2. The number of benzene rings is 1. The molecule has 0 radical (unpaired) electrons. The normalized spacial score (nSPS) is 28.0. The fraction of sp³-hybridized carbons (Fsp3) is 0.476. The third-order valence-electron chi connectivity index (χ3n) is 5.71. The smallest absolute Gasteiger partial charge is 0.0570 e. The van der Waals surface area contributed by atoms with E-state index in [1.54, 1.807) is 0 Å². The monoisotopic (exact) mass is 321 g/mol. The van der Waals surface area contributed by atoms with Gasteiger partial charge in [-0.25, -0.2) is 0 Å². The highest BCUT2D eigenvalue weighted by Crippen LogP contribution is 2.37. The van der Waals surface area contributed by atoms with Crippen molar-refractivity contribution in [2.75, 3.05) is 0 Å². The summed E-state index contributed by atoms with van der Waals surface area (Å²) >= 11 is 0. The predicted molar refractivity (Wildman–Crippen MR) is 97.6 cm³/mol. The van der Waals surface area contributed by atoms with Crippen molar-refractivity contribution in [3.05, 3.63) is 66.0 Å². The molecule has 126 valence electrons. The maximum absolute atomic E-state index is 4.50. The lowest BCUT2D eigenvalue weighted by Gasteiger charge is -2.40. The van der Waals surface area contributed by atoms with Crippen LogP contribution in [0.3, 0.4) is 0 Å². The molecule has 2 aromatic rings. The minimum Gasteiger partial charge on any atom is -0.306 e. The summed E-state index contributed by atoms with van der Waals surface area (Å²) in [6, 6.07) is 19.5. The van der Waals surface area contributed by atoms with Crippen molar-refractivity contribution < 1.29 is 0 Å². The Bertz CT molecular complexity index is 629. The lowest BCUT2D eigenvalue weighted by molar-refractivity contribution is 0.106. The molecule has 2 aliphatic heterocycles. The van der Waals surface area contributed by atoms with Crippen LogP contribution < -0.4 is 5.32 Å². The van der Waals surface area contributed by atoms with Gasteiger partial charge >= 0.3 is 0 Å². The Morgan fingerprint density at radius 3 is 2.42 bits per heavy atom. The van der Waals surface area contributed by atoms with Gasteiger partial charge in [0.25, 0.3) is 0 Å². The summed E-state index contributed by atoms with van der Waals surface area (Å²) in [5, 5.41) is 3.83. The van der Waals surface area contributed by atoms with E-state index in [-0.39, 0.29) is 0 Å². The molecule has 2 saturated heterocycles. The van der Waals surface area contributed by atoms with Crippen LogP contribution in [0.4, 0.5) is 0 Å². The van der Waals surface area contributed by atoms with Gasteiger partial charge in [-0.1, -0.05) is 36.4 Å². The Morgan fingerprint density at radius 2 is 1.75 bits per heavy atom. The minimum absolute atomic E-state index is 0.330. The molecule has 0 amide bonds. The Morgan fingerprint density at radius 1 is 1.04 bits per heavy atom. The second-order valence-corrected chi connectivity index (χ2v) is 7.35. The molecule has 3 heteroatoms. The van der Waals surface area contributed by atoms with Crippen molar-refractivity contribution in [1.82, 2.24) is 15.2 Å². The van der Waals surface area contributed by atoms with E-state index >= 15 is 0 Å². The van der Waals surface area contributed by atoms with Crippen LogP contribution in [0.5, 0.6) is 0 Å². The average Bonchev–Trinajstić information content (AvgIpc) is 2.86. The van der Waals surface area contributed by atoms with Gasteiger partial charge in [0.05, 0.1) is 5.69 Å². The standard InChI is InChI=1S/C21H27N3/c1-16(21-9-5-6-12-22-21)23-18-13-19-10-11-20(14-18)24(19)15-17-7-3-2-4-8-17/h2-9,12,16,18-20,23H,10-11,13-15H2,1H3/t16-,18?,19-,20+/m0/s1. The van der Waals surface area contributed by atoms with Gasteiger partial charge in [-0.3, -0.25) is 9.88 Å². The van der Waals surface area contributed by atoms with Crippen molar-refractivity contribution in [2.24, 2.45) is 0 Å². The number of fused-ring (bicyclic) bond motifs is 2. The van der Waals surface area contributed by atoms with Gasteiger partial charge in [-0.2, -0.15) is 0 Å². The van der Waals surface area contributed by atoms with Gasteiger partial charge in [0.15, 0.2) is 0 Å². The highest BCUT2D eigenvalue weighted by Gasteiger charge is 2.40. The average molecular weight is 321 g/mol. The van der Waals surface area contributed by atoms with E-state index in [0.717, 1.165) is 24.3 Å². The molecule has 1 aromatic heterocycles. The lowest BCUT2D eigenvalue weighted by atomic mass is 9.95. The first-order valence-electron chi connectivity index (χ1n) is 9.26. The van der Waals surface area contributed by atoms with Crippen LogP contribution in [0.15, 0.2) is 54.7 Å². The molecule has 1 unspecified atom stereocenters. The van der Waals surface area contributed by atoms with Crippen LogP contribution in [-0.2, 0) is 6.54 Å². The fourth-order valence-electron chi connectivity index (χ4n) is 4.53. The molecule has 4 atom stereocenters. The SMILES string of the molecule is C[C@H](NC1C[C@H]2CC[C@@H](C1)N2Cc1ccccc1)c1ccccn1. The van der Waals surface area contributed by atoms with Crippen LogP contribution in [0.25, 0.3) is 0 Å². The molecular formula is C21H27N3. The number of piperidine rings is 1. The molecule has 1 aromatic carbocycles. The third-order valence-corrected chi connectivity index (χ3v) is 5.71. The first-order valence-corrected chi connectivity index (χ1v) is 9.26. The quantitative estimate of drug-likeness (QED) is 0.904. The second kappa shape index (κ2) is 7.04. The van der Waals surface area contributed by atoms with E-state index < -0.39 is 0 Å². The predicted octanol–water partition coefficient (Wildman–Crippen LogP) is 3.93. The van der Waals surface area contributed by atoms with E-state index in [9.17, 15) is 0 Å². The van der Waals surface area contributed by atoms with Gasteiger partial charge in [-0.05, 0) is 50.3 Å². The van der Waals surface area contributed by atoms with Crippen molar-refractivity contribution in [1.29, 1.82) is 0 Å². The van der Waals surface area contributed by atoms with E-state index in [4.69, 9.17) is 0 Å². The molecule has 4 rings (SSSR count). The molecule has 0 aliphatic carbocycles. The van der Waals surface area contributed by atoms with Crippen molar-refractivity contribution in [2.45, 2.75) is 63.3 Å². The van der Waals surface area contributed by atoms with Crippen LogP contribution in [0.1, 0.15) is 49.9 Å². The number of pyridine rings is 1. The Kier molecular flexibility index (Phi) is 4.63. The largest absolute Gasteiger partial charge is 0.306 e. The summed E-state index contributed by atoms with van der Waals surface area (Å²) in [6.07, 6.45) is 7.13. The molecule has 0 spiro atoms. The second-order valence-electron chi connectivity index (χ2n) is 7.35. The molecule has 0 saturated carbocycles. The summed E-state index contributed by atoms with van der Waals surface area (Å²) < 4.78 is 0. The number of rotatable bonds is 5. The topological polar surface area (TPSA) is 28.2 Å². The van der Waals surface area contributed by atoms with Crippen LogP contribution in [0, 0.1) is 0 Å². The van der Waals surface area contributed by atoms with E-state index in [1.165, 1.54) is 31.2 Å². The van der Waals surface area contributed by atoms with Gasteiger partial charge in [0.1, 0.15) is 0 Å². The summed E-state index contributed by atoms with van der Waals surface area (Å²) in [4.78, 5) is 7.24. The number of aromatic nitrogens is 1. The van der Waals surface area contributed by atoms with Crippen LogP contribution in [0.2, 0.25) is 0 Å². The highest BCUT2D eigenvalue weighted by molar-refractivity contribution is 5.16. The Labute approximate surface area is 145 Å².